The van der Waals surface area contributed by atoms with Crippen LogP contribution in [0.25, 0.3) is 0 Å². The Hall–Kier alpha value is -3.42. The molecule has 31 heavy (non-hydrogen) atoms. The summed E-state index contributed by atoms with van der Waals surface area (Å²) in [6.07, 6.45) is 5.01. The van der Waals surface area contributed by atoms with Gasteiger partial charge in [0.15, 0.2) is 0 Å². The number of carbonyl (C=O) groups is 2. The summed E-state index contributed by atoms with van der Waals surface area (Å²) in [6, 6.07) is 7.29. The number of anilines is 1. The van der Waals surface area contributed by atoms with Crippen LogP contribution in [0.4, 0.5) is 5.69 Å². The van der Waals surface area contributed by atoms with E-state index in [1.54, 1.807) is 6.20 Å². The Morgan fingerprint density at radius 2 is 2.13 bits per heavy atom. The quantitative estimate of drug-likeness (QED) is 0.702. The first kappa shape index (κ1) is 19.5. The zero-order chi connectivity index (χ0) is 21.8. The van der Waals surface area contributed by atoms with Crippen molar-refractivity contribution in [2.45, 2.75) is 44.6 Å². The van der Waals surface area contributed by atoms with Gasteiger partial charge in [-0.2, -0.15) is 0 Å². The predicted molar refractivity (Wildman–Crippen MR) is 113 cm³/mol. The highest BCUT2D eigenvalue weighted by Gasteiger charge is 2.60. The lowest BCUT2D eigenvalue weighted by Crippen LogP contribution is -2.43. The van der Waals surface area contributed by atoms with Crippen molar-refractivity contribution in [2.24, 2.45) is 7.05 Å². The molecule has 8 heteroatoms. The number of carbonyl (C=O) groups excluding carboxylic acids is 2. The van der Waals surface area contributed by atoms with E-state index in [1.807, 2.05) is 60.8 Å². The molecule has 1 N–H and O–H groups in total. The summed E-state index contributed by atoms with van der Waals surface area (Å²) in [4.78, 5) is 33.2. The van der Waals surface area contributed by atoms with Gasteiger partial charge in [-0.15, -0.1) is 0 Å². The van der Waals surface area contributed by atoms with Crippen molar-refractivity contribution in [3.8, 4) is 0 Å². The van der Waals surface area contributed by atoms with Gasteiger partial charge in [-0.1, -0.05) is 23.4 Å². The number of hydrogen-bond donors (Lipinski definition) is 1. The van der Waals surface area contributed by atoms with Crippen LogP contribution in [0.2, 0.25) is 0 Å². The number of para-hydroxylation sites is 1. The summed E-state index contributed by atoms with van der Waals surface area (Å²) in [5, 5.41) is 7.02. The predicted octanol–water partition coefficient (Wildman–Crippen LogP) is 2.82. The Morgan fingerprint density at radius 1 is 1.32 bits per heavy atom. The molecule has 2 aliphatic heterocycles. The summed E-state index contributed by atoms with van der Waals surface area (Å²) >= 11 is 0. The van der Waals surface area contributed by atoms with Gasteiger partial charge in [-0.25, -0.2) is 4.98 Å². The van der Waals surface area contributed by atoms with Crippen LogP contribution in [0, 0.1) is 13.8 Å². The molecule has 1 aromatic carbocycles. The van der Waals surface area contributed by atoms with Gasteiger partial charge in [-0.3, -0.25) is 9.59 Å². The van der Waals surface area contributed by atoms with Crippen molar-refractivity contribution in [1.29, 1.82) is 0 Å². The molecule has 2 aliphatic rings. The maximum Gasteiger partial charge on any atom is 0.237 e. The molecule has 160 valence electrons. The molecule has 4 heterocycles. The van der Waals surface area contributed by atoms with Crippen LogP contribution < -0.4 is 5.32 Å². The molecule has 3 aromatic rings. The van der Waals surface area contributed by atoms with Crippen molar-refractivity contribution in [1.82, 2.24) is 19.6 Å². The fraction of sp³-hybridized carbons (Fsp3) is 0.391. The molecule has 5 rings (SSSR count). The van der Waals surface area contributed by atoms with Gasteiger partial charge in [0, 0.05) is 43.7 Å². The average Bonchev–Trinajstić information content (AvgIpc) is 3.49. The number of aryl methyl sites for hydroxylation is 3. The highest BCUT2D eigenvalue weighted by molar-refractivity contribution is 6.07. The molecule has 1 fully saturated rings. The number of nitrogens with one attached hydrogen (secondary N) is 1. The first-order valence-electron chi connectivity index (χ1n) is 10.5. The fourth-order valence-corrected chi connectivity index (χ4v) is 5.19. The molecular formula is C23H25N5O3. The Kier molecular flexibility index (Phi) is 4.46. The molecule has 2 amide bonds. The molecule has 0 radical (unpaired) electrons. The average molecular weight is 419 g/mol. The van der Waals surface area contributed by atoms with Crippen LogP contribution in [0.15, 0.2) is 41.2 Å². The number of aromatic nitrogens is 3. The van der Waals surface area contributed by atoms with Crippen molar-refractivity contribution < 1.29 is 14.1 Å². The van der Waals surface area contributed by atoms with E-state index in [1.165, 1.54) is 0 Å². The van der Waals surface area contributed by atoms with E-state index in [9.17, 15) is 9.59 Å². The smallest absolute Gasteiger partial charge is 0.237 e. The van der Waals surface area contributed by atoms with Gasteiger partial charge in [-0.05, 0) is 38.3 Å². The first-order chi connectivity index (χ1) is 14.9. The van der Waals surface area contributed by atoms with E-state index in [0.717, 1.165) is 34.1 Å². The van der Waals surface area contributed by atoms with Crippen molar-refractivity contribution >= 4 is 17.5 Å². The summed E-state index contributed by atoms with van der Waals surface area (Å²) in [6.45, 7) is 4.25. The topological polar surface area (TPSA) is 93.3 Å². The van der Waals surface area contributed by atoms with Crippen molar-refractivity contribution in [3.63, 3.8) is 0 Å². The van der Waals surface area contributed by atoms with E-state index in [4.69, 9.17) is 4.52 Å². The number of benzene rings is 1. The number of hydrogen-bond acceptors (Lipinski definition) is 5. The van der Waals surface area contributed by atoms with Crippen LogP contribution >= 0.6 is 0 Å². The third-order valence-corrected chi connectivity index (χ3v) is 6.78. The van der Waals surface area contributed by atoms with Gasteiger partial charge >= 0.3 is 0 Å². The van der Waals surface area contributed by atoms with Crippen LogP contribution in [-0.2, 0) is 28.5 Å². The largest absolute Gasteiger partial charge is 0.361 e. The summed E-state index contributed by atoms with van der Waals surface area (Å²) in [5.41, 5.74) is 2.70. The molecular weight excluding hydrogens is 394 g/mol. The SMILES string of the molecule is Cc1noc(C)c1CCC(=O)N1CC[C@]2(C(=O)Nc3ccccc32)[C@@H]1c1nccn1C. The minimum Gasteiger partial charge on any atom is -0.361 e. The lowest BCUT2D eigenvalue weighted by Gasteiger charge is -2.33. The Morgan fingerprint density at radius 3 is 2.84 bits per heavy atom. The van der Waals surface area contributed by atoms with E-state index in [-0.39, 0.29) is 11.8 Å². The van der Waals surface area contributed by atoms with Crippen LogP contribution in [0.3, 0.4) is 0 Å². The van der Waals surface area contributed by atoms with Crippen LogP contribution in [0.5, 0.6) is 0 Å². The van der Waals surface area contributed by atoms with E-state index in [0.29, 0.717) is 25.8 Å². The number of amides is 2. The number of rotatable bonds is 4. The molecule has 0 aliphatic carbocycles. The maximum atomic E-state index is 13.4. The summed E-state index contributed by atoms with van der Waals surface area (Å²) < 4.78 is 7.14. The van der Waals surface area contributed by atoms with Crippen LogP contribution in [-0.4, -0.2) is 38.0 Å². The van der Waals surface area contributed by atoms with Gasteiger partial charge in [0.2, 0.25) is 11.8 Å². The Labute approximate surface area is 180 Å². The van der Waals surface area contributed by atoms with E-state index in [2.05, 4.69) is 15.5 Å². The summed E-state index contributed by atoms with van der Waals surface area (Å²) in [5.74, 6) is 1.40. The minimum absolute atomic E-state index is 0.00190. The number of fused-ring (bicyclic) bond motifs is 2. The highest BCUT2D eigenvalue weighted by Crippen LogP contribution is 2.54. The second-order valence-corrected chi connectivity index (χ2v) is 8.41. The zero-order valence-electron chi connectivity index (χ0n) is 17.9. The Balaban J connectivity index is 1.52. The number of nitrogens with zero attached hydrogens (tertiary/aromatic N) is 4. The molecule has 0 bridgehead atoms. The second-order valence-electron chi connectivity index (χ2n) is 8.41. The maximum absolute atomic E-state index is 13.4. The normalized spacial score (nSPS) is 22.2. The van der Waals surface area contributed by atoms with Gasteiger partial charge in [0.05, 0.1) is 5.69 Å². The standard InChI is InChI=1S/C23H25N5O3/c1-14-16(15(2)31-26-14)8-9-19(29)28-12-10-23(20(28)21-24-11-13-27(21)3)17-6-4-5-7-18(17)25-22(23)30/h4-7,11,13,20H,8-10,12H2,1-3H3,(H,25,30)/t20-,23+/m0/s1. The monoisotopic (exact) mass is 419 g/mol. The van der Waals surface area contributed by atoms with Crippen molar-refractivity contribution in [3.05, 3.63) is 65.1 Å². The first-order valence-corrected chi connectivity index (χ1v) is 10.5. The van der Waals surface area contributed by atoms with Gasteiger partial charge in [0.1, 0.15) is 23.0 Å². The number of likely N-dealkylation sites (tertiary alicyclic amines) is 1. The molecule has 1 spiro atoms. The van der Waals surface area contributed by atoms with Crippen molar-refractivity contribution in [2.75, 3.05) is 11.9 Å². The molecule has 0 unspecified atom stereocenters. The molecule has 2 atom stereocenters. The van der Waals surface area contributed by atoms with E-state index < -0.39 is 11.5 Å². The van der Waals surface area contributed by atoms with Crippen LogP contribution in [0.1, 0.15) is 47.3 Å². The molecule has 0 saturated carbocycles. The van der Waals surface area contributed by atoms with E-state index >= 15 is 0 Å². The molecule has 8 nitrogen and oxygen atoms in total. The zero-order valence-corrected chi connectivity index (χ0v) is 17.9. The fourth-order valence-electron chi connectivity index (χ4n) is 5.19. The lowest BCUT2D eigenvalue weighted by atomic mass is 9.74. The second kappa shape index (κ2) is 7.08. The molecule has 1 saturated heterocycles. The third-order valence-electron chi connectivity index (χ3n) is 6.78. The van der Waals surface area contributed by atoms with Gasteiger partial charge < -0.3 is 19.3 Å². The lowest BCUT2D eigenvalue weighted by molar-refractivity contribution is -0.133. The third kappa shape index (κ3) is 2.81. The Bertz CT molecular complexity index is 1160. The van der Waals surface area contributed by atoms with Gasteiger partial charge in [0.25, 0.3) is 0 Å². The molecule has 2 aromatic heterocycles. The highest BCUT2D eigenvalue weighted by atomic mass is 16.5. The number of imidazole rings is 1. The summed E-state index contributed by atoms with van der Waals surface area (Å²) in [7, 11) is 1.90. The minimum atomic E-state index is -0.839.